The van der Waals surface area contributed by atoms with Crippen LogP contribution in [0.5, 0.6) is 11.5 Å². The first kappa shape index (κ1) is 20.7. The molecule has 0 saturated carbocycles. The molecule has 160 valence electrons. The second kappa shape index (κ2) is 9.04. The fourth-order valence-corrected chi connectivity index (χ4v) is 4.37. The first-order valence-corrected chi connectivity index (χ1v) is 10.7. The maximum absolute atomic E-state index is 13.3. The van der Waals surface area contributed by atoms with Gasteiger partial charge in [0.25, 0.3) is 0 Å². The summed E-state index contributed by atoms with van der Waals surface area (Å²) in [5, 5.41) is 3.15. The lowest BCUT2D eigenvalue weighted by Crippen LogP contribution is -2.40. The third kappa shape index (κ3) is 4.59. The van der Waals surface area contributed by atoms with Crippen molar-refractivity contribution in [2.24, 2.45) is 5.92 Å². The smallest absolute Gasteiger partial charge is 0.234 e. The van der Waals surface area contributed by atoms with E-state index in [0.29, 0.717) is 19.8 Å². The van der Waals surface area contributed by atoms with Crippen LogP contribution in [0.2, 0.25) is 0 Å². The Morgan fingerprint density at radius 3 is 2.60 bits per heavy atom. The Morgan fingerprint density at radius 2 is 1.87 bits per heavy atom. The van der Waals surface area contributed by atoms with Gasteiger partial charge in [0.2, 0.25) is 5.91 Å². The highest BCUT2D eigenvalue weighted by Gasteiger charge is 2.29. The van der Waals surface area contributed by atoms with Gasteiger partial charge >= 0.3 is 0 Å². The molecule has 5 nitrogen and oxygen atoms in total. The number of carbonyl (C=O) groups excluding carboxylic acids is 1. The second-order valence-corrected chi connectivity index (χ2v) is 8.37. The molecule has 0 aliphatic carbocycles. The summed E-state index contributed by atoms with van der Waals surface area (Å²) in [4.78, 5) is 15.1. The summed E-state index contributed by atoms with van der Waals surface area (Å²) in [7, 11) is 0. The van der Waals surface area contributed by atoms with Crippen LogP contribution in [0, 0.1) is 11.7 Å². The lowest BCUT2D eigenvalue weighted by molar-refractivity contribution is -0.123. The van der Waals surface area contributed by atoms with Gasteiger partial charge in [-0.05, 0) is 60.7 Å². The molecule has 4 rings (SSSR count). The highest BCUT2D eigenvalue weighted by Crippen LogP contribution is 2.38. The van der Waals surface area contributed by atoms with E-state index in [4.69, 9.17) is 9.47 Å². The van der Waals surface area contributed by atoms with Gasteiger partial charge in [0.05, 0.1) is 12.6 Å². The molecule has 30 heavy (non-hydrogen) atoms. The number of halogens is 1. The minimum atomic E-state index is -0.271. The van der Waals surface area contributed by atoms with Crippen LogP contribution in [0.15, 0.2) is 42.5 Å². The predicted molar refractivity (Wildman–Crippen MR) is 113 cm³/mol. The number of benzene rings is 2. The van der Waals surface area contributed by atoms with E-state index in [1.54, 1.807) is 12.1 Å². The lowest BCUT2D eigenvalue weighted by Gasteiger charge is -2.28. The molecule has 0 spiro atoms. The fraction of sp³-hybridized carbons (Fsp3) is 0.458. The molecule has 2 heterocycles. The van der Waals surface area contributed by atoms with Crippen LogP contribution in [0.1, 0.15) is 49.9 Å². The molecule has 0 unspecified atom stereocenters. The van der Waals surface area contributed by atoms with Gasteiger partial charge in [-0.2, -0.15) is 0 Å². The number of nitrogens with one attached hydrogen (secondary N) is 1. The van der Waals surface area contributed by atoms with Crippen molar-refractivity contribution in [3.8, 4) is 11.5 Å². The van der Waals surface area contributed by atoms with Crippen LogP contribution in [0.3, 0.4) is 0 Å². The van der Waals surface area contributed by atoms with E-state index in [9.17, 15) is 9.18 Å². The van der Waals surface area contributed by atoms with Gasteiger partial charge in [-0.1, -0.05) is 32.0 Å². The molecule has 2 aromatic carbocycles. The van der Waals surface area contributed by atoms with Gasteiger partial charge < -0.3 is 14.8 Å². The molecule has 1 N–H and O–H groups in total. The Labute approximate surface area is 177 Å². The van der Waals surface area contributed by atoms with Crippen molar-refractivity contribution in [2.75, 3.05) is 26.3 Å². The van der Waals surface area contributed by atoms with Gasteiger partial charge in [0.1, 0.15) is 19.0 Å². The van der Waals surface area contributed by atoms with Crippen molar-refractivity contribution in [1.29, 1.82) is 0 Å². The number of rotatable bonds is 6. The number of hydrogen-bond donors (Lipinski definition) is 1. The SMILES string of the molecule is CC(C)[C@H](NC(=O)CN1CCC[C@H]1c1ccc2c(c1)OCCO2)c1ccc(F)cc1. The third-order valence-electron chi connectivity index (χ3n) is 5.87. The second-order valence-electron chi connectivity index (χ2n) is 8.37. The zero-order valence-corrected chi connectivity index (χ0v) is 17.6. The van der Waals surface area contributed by atoms with Gasteiger partial charge in [-0.25, -0.2) is 4.39 Å². The van der Waals surface area contributed by atoms with Gasteiger partial charge in [0.15, 0.2) is 11.5 Å². The Balaban J connectivity index is 1.43. The van der Waals surface area contributed by atoms with Crippen LogP contribution in [0.25, 0.3) is 0 Å². The molecule has 1 fully saturated rings. The topological polar surface area (TPSA) is 50.8 Å². The van der Waals surface area contributed by atoms with E-state index >= 15 is 0 Å². The standard InChI is InChI=1S/C24H29FN2O3/c1-16(2)24(17-5-8-19(25)9-6-17)26-23(28)15-27-11-3-4-20(27)18-7-10-21-22(14-18)30-13-12-29-21/h5-10,14,16,20,24H,3-4,11-13,15H2,1-2H3,(H,26,28)/t20-,24-/m0/s1. The van der Waals surface area contributed by atoms with Gasteiger partial charge in [-0.15, -0.1) is 0 Å². The Hall–Kier alpha value is -2.60. The molecular formula is C24H29FN2O3. The first-order chi connectivity index (χ1) is 14.5. The minimum absolute atomic E-state index is 0.0116. The molecule has 1 saturated heterocycles. The van der Waals surface area contributed by atoms with Crippen LogP contribution >= 0.6 is 0 Å². The van der Waals surface area contributed by atoms with Crippen molar-refractivity contribution in [1.82, 2.24) is 10.2 Å². The molecule has 6 heteroatoms. The fourth-order valence-electron chi connectivity index (χ4n) is 4.37. The van der Waals surface area contributed by atoms with E-state index in [-0.39, 0.29) is 29.7 Å². The average Bonchev–Trinajstić information content (AvgIpc) is 3.20. The molecule has 1 amide bonds. The summed E-state index contributed by atoms with van der Waals surface area (Å²) in [6.45, 7) is 6.48. The van der Waals surface area contributed by atoms with Crippen LogP contribution in [0.4, 0.5) is 4.39 Å². The number of amides is 1. The van der Waals surface area contributed by atoms with E-state index in [1.807, 2.05) is 12.1 Å². The number of nitrogens with zero attached hydrogens (tertiary/aromatic N) is 1. The highest BCUT2D eigenvalue weighted by molar-refractivity contribution is 5.78. The highest BCUT2D eigenvalue weighted by atomic mass is 19.1. The molecule has 0 bridgehead atoms. The van der Waals surface area contributed by atoms with Crippen molar-refractivity contribution < 1.29 is 18.7 Å². The summed E-state index contributed by atoms with van der Waals surface area (Å²) in [6.07, 6.45) is 2.07. The molecule has 2 aromatic rings. The Kier molecular flexibility index (Phi) is 6.23. The number of carbonyl (C=O) groups is 1. The molecule has 0 radical (unpaired) electrons. The summed E-state index contributed by atoms with van der Waals surface area (Å²) < 4.78 is 24.6. The molecule has 2 aliphatic heterocycles. The maximum atomic E-state index is 13.3. The van der Waals surface area contributed by atoms with E-state index in [1.165, 1.54) is 12.1 Å². The van der Waals surface area contributed by atoms with E-state index < -0.39 is 0 Å². The number of ether oxygens (including phenoxy) is 2. The number of fused-ring (bicyclic) bond motifs is 1. The summed E-state index contributed by atoms with van der Waals surface area (Å²) in [5.41, 5.74) is 2.08. The van der Waals surface area contributed by atoms with Crippen molar-refractivity contribution in [2.45, 2.75) is 38.8 Å². The van der Waals surface area contributed by atoms with Gasteiger partial charge in [0, 0.05) is 6.04 Å². The van der Waals surface area contributed by atoms with E-state index in [2.05, 4.69) is 30.1 Å². The molecular weight excluding hydrogens is 383 g/mol. The largest absolute Gasteiger partial charge is 0.486 e. The number of likely N-dealkylation sites (tertiary alicyclic amines) is 1. The first-order valence-electron chi connectivity index (χ1n) is 10.7. The molecule has 0 aromatic heterocycles. The van der Waals surface area contributed by atoms with Crippen molar-refractivity contribution in [3.63, 3.8) is 0 Å². The van der Waals surface area contributed by atoms with Crippen LogP contribution in [-0.4, -0.2) is 37.1 Å². The summed E-state index contributed by atoms with van der Waals surface area (Å²) in [5.74, 6) is 1.48. The summed E-state index contributed by atoms with van der Waals surface area (Å²) >= 11 is 0. The van der Waals surface area contributed by atoms with E-state index in [0.717, 1.165) is 42.0 Å². The predicted octanol–water partition coefficient (Wildman–Crippen LogP) is 4.25. The lowest BCUT2D eigenvalue weighted by atomic mass is 9.96. The van der Waals surface area contributed by atoms with Gasteiger partial charge in [-0.3, -0.25) is 9.69 Å². The Morgan fingerprint density at radius 1 is 1.13 bits per heavy atom. The zero-order valence-electron chi connectivity index (χ0n) is 17.6. The average molecular weight is 413 g/mol. The Bertz CT molecular complexity index is 885. The maximum Gasteiger partial charge on any atom is 0.234 e. The van der Waals surface area contributed by atoms with Crippen LogP contribution < -0.4 is 14.8 Å². The van der Waals surface area contributed by atoms with Crippen LogP contribution in [-0.2, 0) is 4.79 Å². The summed E-state index contributed by atoms with van der Waals surface area (Å²) in [6, 6.07) is 12.5. The molecule has 2 atom stereocenters. The number of hydrogen-bond acceptors (Lipinski definition) is 4. The molecule has 2 aliphatic rings. The normalized spacial score (nSPS) is 19.7. The minimum Gasteiger partial charge on any atom is -0.486 e. The zero-order chi connectivity index (χ0) is 21.1. The quantitative estimate of drug-likeness (QED) is 0.771. The monoisotopic (exact) mass is 412 g/mol. The third-order valence-corrected chi connectivity index (χ3v) is 5.87. The van der Waals surface area contributed by atoms with Crippen molar-refractivity contribution in [3.05, 3.63) is 59.4 Å². The van der Waals surface area contributed by atoms with Crippen molar-refractivity contribution >= 4 is 5.91 Å².